The van der Waals surface area contributed by atoms with Crippen LogP contribution >= 0.6 is 140 Å². The second-order valence-corrected chi connectivity index (χ2v) is 130. The molecule has 0 bridgehead atoms. The fraction of sp³-hybridized carbons (Fsp3) is 0.293. The van der Waals surface area contributed by atoms with E-state index in [1.54, 1.807) is 14.7 Å². The van der Waals surface area contributed by atoms with Gasteiger partial charge in [-0.2, -0.15) is 0 Å². The first kappa shape index (κ1) is 88.0. The molecular formula is C75H87I7N7O8V2-2. The molecule has 3 heterocycles. The van der Waals surface area contributed by atoms with Crippen molar-refractivity contribution >= 4 is 220 Å². The predicted molar refractivity (Wildman–Crippen MR) is 462 cm³/mol. The molecule has 99 heavy (non-hydrogen) atoms. The Bertz CT molecular complexity index is 3960. The number of halogens is 7. The van der Waals surface area contributed by atoms with Gasteiger partial charge in [-0.1, -0.05) is 162 Å². The summed E-state index contributed by atoms with van der Waals surface area (Å²) in [5.74, 6) is -0.781. The molecule has 3 aliphatic rings. The monoisotopic (exact) mass is 2200 g/mol. The zero-order valence-corrected chi connectivity index (χ0v) is 72.3. The summed E-state index contributed by atoms with van der Waals surface area (Å²) in [7, 11) is 1.26. The van der Waals surface area contributed by atoms with Crippen LogP contribution in [0.5, 0.6) is 0 Å². The molecule has 3 fully saturated rings. The Hall–Kier alpha value is -3.35. The standard InChI is InChI=1S/C42H46N4O6.C29H27N3O2.2CH4.2CH3.7HI.2V/c1-27(2)39(44-42(51)52-3)41(50)46-22-7-11-35(46)37(47)24-29-13-14-33-26-32(16-15-31(33)23-29)30-17-19-34(20-18-30)43-40(49)36-12-8-21-45(36)38(48)25-28-9-5-4-6-10-28;30-25-13-10-23-18-22(8-9-24(23)19-25)21-11-14-26(15-12-21)31-29(34)27-7-4-16-32(27)28(33)17-20-5-2-1-3-6-20;;;;;;;;;;;;;/h4-6,9-10,13-20,23,26-27,35-36,39H,7-8,11-12,21-22,24-25H2,1-3H3,(H,43,49)(H,44,51);1-3,5-6,8-15,18-19,27H,4,7,16-17,30H2,(H,31,34);2*1H4;2*1H3;7*1H;;/q;;;;2*-1;;;;;;;;+3;+4/p-7/t35-,36-,39-;27-;;;;;;;;;;;;;/m00............./s1. The topological polar surface area (TPSA) is 201 Å². The summed E-state index contributed by atoms with van der Waals surface area (Å²) in [6.07, 6.45) is 4.43. The number of likely N-dealkylation sites (tertiary alicyclic amines) is 3. The van der Waals surface area contributed by atoms with Gasteiger partial charge >= 0.3 is 151 Å². The number of benzene rings is 8. The summed E-state index contributed by atoms with van der Waals surface area (Å²) >= 11 is 17.4. The predicted octanol–water partition coefficient (Wildman–Crippen LogP) is 19.8. The van der Waals surface area contributed by atoms with E-state index >= 15 is 0 Å². The third-order valence-electron chi connectivity index (χ3n) is 16.6. The van der Waals surface area contributed by atoms with Crippen molar-refractivity contribution in [2.24, 2.45) is 5.92 Å². The molecule has 0 unspecified atom stereocenters. The molecular weight excluding hydrogens is 2120 g/mol. The molecule has 15 nitrogen and oxygen atoms in total. The molecule has 3 saturated heterocycles. The Kier molecular flexibility index (Phi) is 38.4. The Morgan fingerprint density at radius 3 is 1.30 bits per heavy atom. The van der Waals surface area contributed by atoms with E-state index in [9.17, 15) is 33.6 Å². The number of anilines is 3. The maximum absolute atomic E-state index is 13.5. The summed E-state index contributed by atoms with van der Waals surface area (Å²) < 4.78 is 3.71. The van der Waals surface area contributed by atoms with E-state index in [4.69, 9.17) is 10.5 Å². The van der Waals surface area contributed by atoms with Crippen molar-refractivity contribution in [3.05, 3.63) is 214 Å². The van der Waals surface area contributed by atoms with Crippen LogP contribution in [0.15, 0.2) is 182 Å². The number of ketones is 1. The SMILES string of the molecule is C.C.COC(=O)N[C@H](C(=O)N1CCC[C@H]1C(=O)Cc1ccc2cc(-c3ccc(NC(=O)[C@@H]4CCCN4C(=O)Cc4ccccc4)cc3)ccc2c1)C(C)C.Nc1ccc2cc(-c3ccc(NC(=O)[C@@H]4CCCN4C(=O)Cc4ccccc4)cc3)ccc2c1.[CH3-].[CH3-].[I][V]([I])([I])[I].[I][V]([I])[I]. The van der Waals surface area contributed by atoms with Gasteiger partial charge in [0.1, 0.15) is 18.1 Å². The number of carbonyl (C=O) groups excluding carboxylic acids is 7. The van der Waals surface area contributed by atoms with Crippen molar-refractivity contribution < 1.29 is 43.6 Å². The third kappa shape index (κ3) is 27.3. The summed E-state index contributed by atoms with van der Waals surface area (Å²) in [5.41, 5.74) is 15.0. The van der Waals surface area contributed by atoms with Gasteiger partial charge in [0.15, 0.2) is 5.78 Å². The molecule has 11 rings (SSSR count). The van der Waals surface area contributed by atoms with Gasteiger partial charge in [-0.3, -0.25) is 28.8 Å². The number of methoxy groups -OCH3 is 1. The zero-order chi connectivity index (χ0) is 68.3. The summed E-state index contributed by atoms with van der Waals surface area (Å²) in [6.45, 7) is 5.38. The van der Waals surface area contributed by atoms with Crippen LogP contribution in [0.2, 0.25) is 0 Å². The molecule has 0 spiro atoms. The molecule has 0 radical (unpaired) electrons. The van der Waals surface area contributed by atoms with Crippen molar-refractivity contribution in [1.82, 2.24) is 20.0 Å². The van der Waals surface area contributed by atoms with Crippen LogP contribution in [0, 0.1) is 20.8 Å². The van der Waals surface area contributed by atoms with E-state index < -0.39 is 30.6 Å². The van der Waals surface area contributed by atoms with Crippen LogP contribution in [-0.2, 0) is 58.1 Å². The molecule has 24 heteroatoms. The molecule has 0 aromatic heterocycles. The average molecular weight is 2200 g/mol. The van der Waals surface area contributed by atoms with Crippen molar-refractivity contribution in [2.45, 2.75) is 111 Å². The van der Waals surface area contributed by atoms with Gasteiger partial charge in [0.2, 0.25) is 29.5 Å². The number of carbonyl (C=O) groups is 7. The van der Waals surface area contributed by atoms with Crippen LogP contribution in [0.1, 0.15) is 83.9 Å². The Morgan fingerprint density at radius 1 is 0.505 bits per heavy atom. The molecule has 6 amide bonds. The van der Waals surface area contributed by atoms with Crippen LogP contribution < -0.4 is 21.7 Å². The number of nitrogens with zero attached hydrogens (tertiary/aromatic N) is 3. The van der Waals surface area contributed by atoms with E-state index in [2.05, 4.69) is 180 Å². The molecule has 0 saturated carbocycles. The number of rotatable bonds is 16. The molecule has 8 aromatic carbocycles. The first-order chi connectivity index (χ1) is 45.4. The number of nitrogens with one attached hydrogen (secondary N) is 3. The van der Waals surface area contributed by atoms with Crippen LogP contribution in [0.3, 0.4) is 0 Å². The maximum atomic E-state index is 13.5. The van der Waals surface area contributed by atoms with Gasteiger partial charge in [0.25, 0.3) is 0 Å². The van der Waals surface area contributed by atoms with Crippen molar-refractivity contribution in [3.8, 4) is 22.3 Å². The fourth-order valence-corrected chi connectivity index (χ4v) is 12.0. The first-order valence-electron chi connectivity index (χ1n) is 30.9. The normalized spacial score (nSPS) is 15.5. The summed E-state index contributed by atoms with van der Waals surface area (Å²) in [4.78, 5) is 95.6. The van der Waals surface area contributed by atoms with Gasteiger partial charge in [-0.15, -0.1) is 0 Å². The number of Topliss-reactive ketones (excluding diaryl/α,β-unsaturated/α-hetero) is 1. The number of amides is 6. The molecule has 4 atom stereocenters. The van der Waals surface area contributed by atoms with E-state index in [0.29, 0.717) is 51.0 Å². The summed E-state index contributed by atoms with van der Waals surface area (Å²) in [6, 6.07) is 56.9. The number of hydrogen-bond acceptors (Lipinski definition) is 9. The van der Waals surface area contributed by atoms with Crippen LogP contribution in [0.25, 0.3) is 43.8 Å². The summed E-state index contributed by atoms with van der Waals surface area (Å²) in [5, 5.41) is 12.9. The minimum atomic E-state index is -0.995. The molecule has 0 aliphatic carbocycles. The number of fused-ring (bicyclic) bond motifs is 2. The Morgan fingerprint density at radius 2 is 0.879 bits per heavy atom. The van der Waals surface area contributed by atoms with E-state index in [-0.39, 0.29) is 88.7 Å². The number of nitrogen functional groups attached to an aromatic ring is 1. The molecule has 3 aliphatic heterocycles. The Labute approximate surface area is 669 Å². The number of ether oxygens (including phenoxy) is 1. The van der Waals surface area contributed by atoms with Gasteiger partial charge in [-0.25, -0.2) is 4.79 Å². The quantitative estimate of drug-likeness (QED) is 0.0413. The number of hydrogen-bond donors (Lipinski definition) is 4. The number of alkyl carbamates (subject to hydrolysis) is 1. The molecule has 5 N–H and O–H groups in total. The van der Waals surface area contributed by atoms with Gasteiger partial charge < -0.3 is 56.0 Å². The second kappa shape index (κ2) is 43.2. The number of nitrogens with two attached hydrogens (primary N) is 1. The molecule has 531 valence electrons. The van der Waals surface area contributed by atoms with Crippen molar-refractivity contribution in [3.63, 3.8) is 0 Å². The van der Waals surface area contributed by atoms with Crippen LogP contribution in [0.4, 0.5) is 21.9 Å². The zero-order valence-electron chi connectivity index (χ0n) is 54.4. The van der Waals surface area contributed by atoms with Gasteiger partial charge in [-0.05, 0) is 153 Å². The van der Waals surface area contributed by atoms with Gasteiger partial charge in [0.05, 0.1) is 26.0 Å². The van der Waals surface area contributed by atoms with Gasteiger partial charge in [0, 0.05) is 43.1 Å². The third-order valence-corrected chi connectivity index (χ3v) is 16.6. The van der Waals surface area contributed by atoms with E-state index in [0.717, 1.165) is 91.1 Å². The van der Waals surface area contributed by atoms with E-state index in [1.807, 2.05) is 172 Å². The fourth-order valence-electron chi connectivity index (χ4n) is 12.0. The molecule has 8 aromatic rings. The van der Waals surface area contributed by atoms with Crippen molar-refractivity contribution in [1.29, 1.82) is 0 Å². The van der Waals surface area contributed by atoms with E-state index in [1.165, 1.54) is 7.11 Å². The Balaban J connectivity index is 0.000000382. The first-order valence-corrected chi connectivity index (χ1v) is 62.4. The average Bonchev–Trinajstić information content (AvgIpc) is 1.78. The minimum absolute atomic E-state index is 0. The van der Waals surface area contributed by atoms with Crippen LogP contribution in [-0.4, -0.2) is 107 Å². The second-order valence-electron chi connectivity index (χ2n) is 23.4. The van der Waals surface area contributed by atoms with Crippen molar-refractivity contribution in [2.75, 3.05) is 43.1 Å².